The summed E-state index contributed by atoms with van der Waals surface area (Å²) in [7, 11) is 0. The summed E-state index contributed by atoms with van der Waals surface area (Å²) in [6.45, 7) is 3.95. The fourth-order valence-electron chi connectivity index (χ4n) is 3.91. The third-order valence-electron chi connectivity index (χ3n) is 5.53. The Morgan fingerprint density at radius 1 is 1.00 bits per heavy atom. The van der Waals surface area contributed by atoms with Crippen LogP contribution in [0.25, 0.3) is 11.2 Å². The van der Waals surface area contributed by atoms with Crippen LogP contribution in [0, 0.1) is 5.92 Å². The van der Waals surface area contributed by atoms with Gasteiger partial charge in [-0.05, 0) is 35.7 Å². The van der Waals surface area contributed by atoms with Crippen LogP contribution in [0.15, 0.2) is 70.5 Å². The molecule has 0 spiro atoms. The summed E-state index contributed by atoms with van der Waals surface area (Å²) >= 11 is 0. The molecule has 0 fully saturated rings. The second-order valence-electron chi connectivity index (χ2n) is 8.83. The minimum atomic E-state index is -4.51. The number of hydrogen-bond donors (Lipinski definition) is 1. The van der Waals surface area contributed by atoms with Gasteiger partial charge in [-0.1, -0.05) is 44.2 Å². The summed E-state index contributed by atoms with van der Waals surface area (Å²) in [6, 6.07) is 13.0. The van der Waals surface area contributed by atoms with E-state index < -0.39 is 35.4 Å². The van der Waals surface area contributed by atoms with Crippen LogP contribution < -0.4 is 16.6 Å². The molecule has 2 heterocycles. The number of alkyl halides is 3. The lowest BCUT2D eigenvalue weighted by molar-refractivity contribution is -0.137. The highest BCUT2D eigenvalue weighted by atomic mass is 19.4. The number of aromatic nitrogens is 4. The number of rotatable bonds is 7. The molecule has 0 unspecified atom stereocenters. The normalized spacial score (nSPS) is 11.8. The number of imidazole rings is 1. The van der Waals surface area contributed by atoms with Gasteiger partial charge < -0.3 is 9.88 Å². The van der Waals surface area contributed by atoms with Gasteiger partial charge in [-0.15, -0.1) is 0 Å². The predicted molar refractivity (Wildman–Crippen MR) is 129 cm³/mol. The maximum Gasteiger partial charge on any atom is 0.416 e. The zero-order valence-corrected chi connectivity index (χ0v) is 19.6. The Balaban J connectivity index is 1.72. The number of nitrogens with zero attached hydrogens (tertiary/aromatic N) is 4. The number of benzene rings is 2. The van der Waals surface area contributed by atoms with E-state index in [0.29, 0.717) is 6.54 Å². The van der Waals surface area contributed by atoms with Crippen molar-refractivity contribution >= 4 is 22.8 Å². The third-order valence-corrected chi connectivity index (χ3v) is 5.53. The Hall–Kier alpha value is -4.15. The first-order chi connectivity index (χ1) is 17.0. The molecule has 0 atom stereocenters. The van der Waals surface area contributed by atoms with Gasteiger partial charge in [0, 0.05) is 12.2 Å². The molecular weight excluding hydrogens is 475 g/mol. The lowest BCUT2D eigenvalue weighted by Crippen LogP contribution is -2.43. The summed E-state index contributed by atoms with van der Waals surface area (Å²) in [5.74, 6) is -0.540. The smallest absolute Gasteiger partial charge is 0.325 e. The molecule has 4 rings (SSSR count). The Labute approximate surface area is 203 Å². The van der Waals surface area contributed by atoms with Crippen LogP contribution in [0.4, 0.5) is 18.9 Å². The highest BCUT2D eigenvalue weighted by Gasteiger charge is 2.30. The number of carbonyl (C=O) groups excluding carboxylic acids is 1. The van der Waals surface area contributed by atoms with Crippen LogP contribution >= 0.6 is 0 Å². The summed E-state index contributed by atoms with van der Waals surface area (Å²) < 4.78 is 42.2. The van der Waals surface area contributed by atoms with Gasteiger partial charge in [-0.2, -0.15) is 13.2 Å². The molecule has 0 saturated carbocycles. The second-order valence-corrected chi connectivity index (χ2v) is 8.83. The molecule has 0 saturated heterocycles. The molecule has 4 aromatic rings. The molecule has 0 aliphatic rings. The number of halogens is 3. The average Bonchev–Trinajstić information content (AvgIpc) is 3.23. The number of hydrogen-bond acceptors (Lipinski definition) is 4. The molecule has 0 radical (unpaired) electrons. The summed E-state index contributed by atoms with van der Waals surface area (Å²) in [4.78, 5) is 43.7. The van der Waals surface area contributed by atoms with Crippen LogP contribution in [0.3, 0.4) is 0 Å². The topological polar surface area (TPSA) is 90.9 Å². The molecular formula is C25H24F3N5O3. The van der Waals surface area contributed by atoms with E-state index in [1.165, 1.54) is 10.9 Å². The lowest BCUT2D eigenvalue weighted by atomic mass is 10.2. The molecule has 1 N–H and O–H groups in total. The Bertz CT molecular complexity index is 1500. The quantitative estimate of drug-likeness (QED) is 0.420. The SMILES string of the molecule is CC(C)Cn1cnc2c1c(=O)n(CC(=O)Nc1ccc(C(F)(F)F)cc1)c(=O)n2Cc1ccccc1. The van der Waals surface area contributed by atoms with Crippen molar-refractivity contribution in [1.82, 2.24) is 18.7 Å². The summed E-state index contributed by atoms with van der Waals surface area (Å²) in [5.41, 5.74) is -0.913. The second kappa shape index (κ2) is 9.84. The minimum absolute atomic E-state index is 0.108. The number of carbonyl (C=O) groups is 1. The number of nitrogens with one attached hydrogen (secondary N) is 1. The molecule has 0 bridgehead atoms. The van der Waals surface area contributed by atoms with E-state index in [4.69, 9.17) is 0 Å². The van der Waals surface area contributed by atoms with Crippen molar-refractivity contribution < 1.29 is 18.0 Å². The van der Waals surface area contributed by atoms with E-state index in [1.807, 2.05) is 44.2 Å². The standard InChI is InChI=1S/C25H24F3N5O3/c1-16(2)12-31-15-29-22-21(31)23(35)33(24(36)32(22)13-17-6-4-3-5-7-17)14-20(34)30-19-10-8-18(9-11-19)25(26,27)28/h3-11,15-16H,12-14H2,1-2H3,(H,30,34). The first kappa shape index (κ1) is 25.0. The number of anilines is 1. The largest absolute Gasteiger partial charge is 0.416 e. The molecule has 8 nitrogen and oxygen atoms in total. The molecule has 0 aliphatic heterocycles. The highest BCUT2D eigenvalue weighted by Crippen LogP contribution is 2.29. The first-order valence-electron chi connectivity index (χ1n) is 11.2. The maximum absolute atomic E-state index is 13.4. The summed E-state index contributed by atoms with van der Waals surface area (Å²) in [6.07, 6.45) is -3.01. The predicted octanol–water partition coefficient (Wildman–Crippen LogP) is 3.72. The minimum Gasteiger partial charge on any atom is -0.325 e. The fourth-order valence-corrected chi connectivity index (χ4v) is 3.91. The van der Waals surface area contributed by atoms with Gasteiger partial charge in [-0.3, -0.25) is 14.2 Å². The highest BCUT2D eigenvalue weighted by molar-refractivity contribution is 5.90. The molecule has 1 amide bonds. The van der Waals surface area contributed by atoms with Gasteiger partial charge >= 0.3 is 11.9 Å². The fraction of sp³-hybridized carbons (Fsp3) is 0.280. The van der Waals surface area contributed by atoms with E-state index >= 15 is 0 Å². The molecule has 188 valence electrons. The number of fused-ring (bicyclic) bond motifs is 1. The van der Waals surface area contributed by atoms with Crippen molar-refractivity contribution in [3.8, 4) is 0 Å². The van der Waals surface area contributed by atoms with Gasteiger partial charge in [0.2, 0.25) is 5.91 Å². The molecule has 36 heavy (non-hydrogen) atoms. The van der Waals surface area contributed by atoms with E-state index in [1.54, 1.807) is 4.57 Å². The number of amides is 1. The van der Waals surface area contributed by atoms with Crippen LogP contribution in [0.2, 0.25) is 0 Å². The van der Waals surface area contributed by atoms with Crippen molar-refractivity contribution in [3.63, 3.8) is 0 Å². The van der Waals surface area contributed by atoms with Crippen LogP contribution in [-0.2, 0) is 30.6 Å². The van der Waals surface area contributed by atoms with Crippen molar-refractivity contribution in [2.24, 2.45) is 5.92 Å². The van der Waals surface area contributed by atoms with Crippen molar-refractivity contribution in [2.45, 2.75) is 39.7 Å². The average molecular weight is 499 g/mol. The van der Waals surface area contributed by atoms with E-state index in [0.717, 1.165) is 34.4 Å². The van der Waals surface area contributed by atoms with Crippen molar-refractivity contribution in [2.75, 3.05) is 5.32 Å². The zero-order chi connectivity index (χ0) is 26.0. The monoisotopic (exact) mass is 499 g/mol. The Morgan fingerprint density at radius 2 is 1.67 bits per heavy atom. The van der Waals surface area contributed by atoms with Crippen molar-refractivity contribution in [1.29, 1.82) is 0 Å². The third kappa shape index (κ3) is 5.24. The van der Waals surface area contributed by atoms with Gasteiger partial charge in [0.05, 0.1) is 18.4 Å². The maximum atomic E-state index is 13.4. The lowest BCUT2D eigenvalue weighted by Gasteiger charge is -2.14. The Morgan fingerprint density at radius 3 is 2.28 bits per heavy atom. The van der Waals surface area contributed by atoms with Crippen LogP contribution in [0.5, 0.6) is 0 Å². The zero-order valence-electron chi connectivity index (χ0n) is 19.6. The molecule has 11 heteroatoms. The van der Waals surface area contributed by atoms with E-state index in [9.17, 15) is 27.6 Å². The summed E-state index contributed by atoms with van der Waals surface area (Å²) in [5, 5.41) is 2.44. The van der Waals surface area contributed by atoms with Gasteiger partial charge in [0.25, 0.3) is 5.56 Å². The van der Waals surface area contributed by atoms with Gasteiger partial charge in [-0.25, -0.2) is 14.3 Å². The molecule has 2 aromatic carbocycles. The Kier molecular flexibility index (Phi) is 6.82. The van der Waals surface area contributed by atoms with Crippen LogP contribution in [0.1, 0.15) is 25.0 Å². The molecule has 2 aromatic heterocycles. The van der Waals surface area contributed by atoms with E-state index in [-0.39, 0.29) is 29.3 Å². The van der Waals surface area contributed by atoms with Gasteiger partial charge in [0.15, 0.2) is 11.2 Å². The van der Waals surface area contributed by atoms with Crippen LogP contribution in [-0.4, -0.2) is 24.6 Å². The van der Waals surface area contributed by atoms with E-state index in [2.05, 4.69) is 10.3 Å². The molecule has 0 aliphatic carbocycles. The van der Waals surface area contributed by atoms with Crippen molar-refractivity contribution in [3.05, 3.63) is 92.9 Å². The van der Waals surface area contributed by atoms with Gasteiger partial charge in [0.1, 0.15) is 6.54 Å². The first-order valence-corrected chi connectivity index (χ1v) is 11.2.